The average Bonchev–Trinajstić information content (AvgIpc) is 3.11. The second-order valence-corrected chi connectivity index (χ2v) is 6.28. The minimum Gasteiger partial charge on any atom is -0.368 e. The number of nitrogens with zero attached hydrogens (tertiary/aromatic N) is 4. The van der Waals surface area contributed by atoms with Crippen molar-refractivity contribution in [1.29, 1.82) is 0 Å². The second kappa shape index (κ2) is 6.16. The number of hydrogen-bond donors (Lipinski definition) is 1. The highest BCUT2D eigenvalue weighted by Crippen LogP contribution is 2.28. The molecule has 0 radical (unpaired) electrons. The Morgan fingerprint density at radius 3 is 2.96 bits per heavy atom. The van der Waals surface area contributed by atoms with Crippen LogP contribution in [-0.2, 0) is 0 Å². The molecular formula is C18H18FN5O. The van der Waals surface area contributed by atoms with Gasteiger partial charge in [-0.05, 0) is 37.1 Å². The fourth-order valence-electron chi connectivity index (χ4n) is 3.39. The van der Waals surface area contributed by atoms with Crippen molar-refractivity contribution in [3.8, 4) is 0 Å². The van der Waals surface area contributed by atoms with E-state index in [4.69, 9.17) is 5.73 Å². The highest BCUT2D eigenvalue weighted by atomic mass is 19.1. The number of hydrogen-bond acceptors (Lipinski definition) is 4. The molecule has 1 amide bonds. The van der Waals surface area contributed by atoms with E-state index < -0.39 is 5.82 Å². The molecule has 3 aromatic rings. The first-order valence-electron chi connectivity index (χ1n) is 8.27. The lowest BCUT2D eigenvalue weighted by Crippen LogP contribution is -2.39. The molecule has 1 saturated heterocycles. The molecule has 3 heterocycles. The van der Waals surface area contributed by atoms with Crippen molar-refractivity contribution >= 4 is 17.4 Å². The lowest BCUT2D eigenvalue weighted by molar-refractivity contribution is 0.0701. The van der Waals surface area contributed by atoms with Crippen LogP contribution in [0, 0.1) is 5.82 Å². The lowest BCUT2D eigenvalue weighted by Gasteiger charge is -2.32. The summed E-state index contributed by atoms with van der Waals surface area (Å²) in [5, 5.41) is 4.12. The van der Waals surface area contributed by atoms with Crippen LogP contribution >= 0.6 is 0 Å². The van der Waals surface area contributed by atoms with Crippen LogP contribution in [0.3, 0.4) is 0 Å². The zero-order valence-electron chi connectivity index (χ0n) is 13.6. The van der Waals surface area contributed by atoms with Gasteiger partial charge < -0.3 is 10.6 Å². The summed E-state index contributed by atoms with van der Waals surface area (Å²) in [6, 6.07) is 9.91. The van der Waals surface area contributed by atoms with Crippen molar-refractivity contribution in [3.63, 3.8) is 0 Å². The number of halogens is 1. The van der Waals surface area contributed by atoms with E-state index in [1.54, 1.807) is 27.7 Å². The summed E-state index contributed by atoms with van der Waals surface area (Å²) in [5.41, 5.74) is 7.80. The maximum atomic E-state index is 13.9. The van der Waals surface area contributed by atoms with E-state index >= 15 is 0 Å². The van der Waals surface area contributed by atoms with E-state index in [0.717, 1.165) is 24.1 Å². The Kier molecular flexibility index (Phi) is 3.83. The van der Waals surface area contributed by atoms with Gasteiger partial charge in [0.15, 0.2) is 0 Å². The van der Waals surface area contributed by atoms with E-state index in [1.165, 1.54) is 12.1 Å². The first-order chi connectivity index (χ1) is 12.1. The Morgan fingerprint density at radius 2 is 2.12 bits per heavy atom. The van der Waals surface area contributed by atoms with Crippen molar-refractivity contribution in [2.75, 3.05) is 18.8 Å². The van der Waals surface area contributed by atoms with E-state index in [9.17, 15) is 9.18 Å². The molecule has 25 heavy (non-hydrogen) atoms. The topological polar surface area (TPSA) is 76.5 Å². The molecule has 128 valence electrons. The number of aromatic nitrogens is 3. The highest BCUT2D eigenvalue weighted by Gasteiger charge is 2.28. The van der Waals surface area contributed by atoms with Gasteiger partial charge in [-0.15, -0.1) is 0 Å². The number of nitrogen functional groups attached to an aromatic ring is 1. The van der Waals surface area contributed by atoms with E-state index in [0.29, 0.717) is 19.0 Å². The van der Waals surface area contributed by atoms with Crippen molar-refractivity contribution in [1.82, 2.24) is 19.5 Å². The molecule has 0 bridgehead atoms. The first kappa shape index (κ1) is 15.6. The molecule has 4 rings (SSSR count). The second-order valence-electron chi connectivity index (χ2n) is 6.28. The number of rotatable bonds is 2. The standard InChI is InChI=1S/C18H18FN5O/c19-15-6-2-1-5-14(15)17(25)23-9-3-4-12(11-23)16-10-13-7-8-21-24(13)18(20)22-16/h1-2,5-8,10,12H,3-4,9,11H2,(H2,20,22). The third-order valence-corrected chi connectivity index (χ3v) is 4.66. The van der Waals surface area contributed by atoms with Gasteiger partial charge in [0.25, 0.3) is 5.91 Å². The summed E-state index contributed by atoms with van der Waals surface area (Å²) >= 11 is 0. The number of likely N-dealkylation sites (tertiary alicyclic amines) is 1. The smallest absolute Gasteiger partial charge is 0.256 e. The van der Waals surface area contributed by atoms with Gasteiger partial charge in [0.1, 0.15) is 5.82 Å². The van der Waals surface area contributed by atoms with Gasteiger partial charge in [-0.3, -0.25) is 4.79 Å². The molecule has 2 N–H and O–H groups in total. The first-order valence-corrected chi connectivity index (χ1v) is 8.27. The Bertz CT molecular complexity index is 938. The van der Waals surface area contributed by atoms with Crippen LogP contribution in [0.25, 0.3) is 5.52 Å². The van der Waals surface area contributed by atoms with Gasteiger partial charge in [-0.2, -0.15) is 5.10 Å². The number of carbonyl (C=O) groups is 1. The Labute approximate surface area is 144 Å². The van der Waals surface area contributed by atoms with Gasteiger partial charge in [0.2, 0.25) is 5.95 Å². The lowest BCUT2D eigenvalue weighted by atomic mass is 9.93. The molecule has 1 aliphatic heterocycles. The molecule has 0 aliphatic carbocycles. The Balaban J connectivity index is 1.60. The summed E-state index contributed by atoms with van der Waals surface area (Å²) in [6.07, 6.45) is 3.43. The SMILES string of the molecule is Nc1nc(C2CCCN(C(=O)c3ccccc3F)C2)cc2ccnn12. The summed E-state index contributed by atoms with van der Waals surface area (Å²) < 4.78 is 15.5. The zero-order valence-corrected chi connectivity index (χ0v) is 13.6. The summed E-state index contributed by atoms with van der Waals surface area (Å²) in [7, 11) is 0. The van der Waals surface area contributed by atoms with E-state index in [2.05, 4.69) is 10.1 Å². The van der Waals surface area contributed by atoms with Crippen molar-refractivity contribution in [3.05, 3.63) is 59.7 Å². The highest BCUT2D eigenvalue weighted by molar-refractivity contribution is 5.94. The summed E-state index contributed by atoms with van der Waals surface area (Å²) in [5.74, 6) is -0.361. The van der Waals surface area contributed by atoms with Crippen LogP contribution in [0.5, 0.6) is 0 Å². The van der Waals surface area contributed by atoms with Crippen molar-refractivity contribution < 1.29 is 9.18 Å². The minimum atomic E-state index is -0.488. The van der Waals surface area contributed by atoms with E-state index in [1.807, 2.05) is 12.1 Å². The molecule has 1 fully saturated rings. The van der Waals surface area contributed by atoms with Gasteiger partial charge in [0, 0.05) is 19.0 Å². The normalized spacial score (nSPS) is 17.8. The van der Waals surface area contributed by atoms with Gasteiger partial charge in [0.05, 0.1) is 23.0 Å². The number of carbonyl (C=O) groups excluding carboxylic acids is 1. The monoisotopic (exact) mass is 339 g/mol. The number of nitrogens with two attached hydrogens (primary N) is 1. The molecule has 1 aromatic carbocycles. The number of anilines is 1. The van der Waals surface area contributed by atoms with Crippen LogP contribution < -0.4 is 5.73 Å². The fourth-order valence-corrected chi connectivity index (χ4v) is 3.39. The van der Waals surface area contributed by atoms with Crippen LogP contribution in [0.15, 0.2) is 42.6 Å². The minimum absolute atomic E-state index is 0.0756. The van der Waals surface area contributed by atoms with E-state index in [-0.39, 0.29) is 17.4 Å². The molecule has 2 aromatic heterocycles. The maximum absolute atomic E-state index is 13.9. The molecule has 1 atom stereocenters. The predicted octanol–water partition coefficient (Wildman–Crippen LogP) is 2.47. The quantitative estimate of drug-likeness (QED) is 0.778. The molecule has 1 unspecified atom stereocenters. The van der Waals surface area contributed by atoms with Crippen LogP contribution in [-0.4, -0.2) is 38.5 Å². The van der Waals surface area contributed by atoms with Gasteiger partial charge in [-0.25, -0.2) is 13.9 Å². The predicted molar refractivity (Wildman–Crippen MR) is 91.7 cm³/mol. The third kappa shape index (κ3) is 2.82. The summed E-state index contributed by atoms with van der Waals surface area (Å²) in [4.78, 5) is 18.8. The van der Waals surface area contributed by atoms with Crippen molar-refractivity contribution in [2.24, 2.45) is 0 Å². The van der Waals surface area contributed by atoms with Gasteiger partial charge >= 0.3 is 0 Å². The molecule has 7 heteroatoms. The van der Waals surface area contributed by atoms with Crippen LogP contribution in [0.2, 0.25) is 0 Å². The molecule has 0 spiro atoms. The Morgan fingerprint density at radius 1 is 1.28 bits per heavy atom. The maximum Gasteiger partial charge on any atom is 0.256 e. The van der Waals surface area contributed by atoms with Gasteiger partial charge in [-0.1, -0.05) is 12.1 Å². The number of fused-ring (bicyclic) bond motifs is 1. The number of amides is 1. The molecular weight excluding hydrogens is 321 g/mol. The number of piperidine rings is 1. The zero-order chi connectivity index (χ0) is 17.4. The van der Waals surface area contributed by atoms with Crippen molar-refractivity contribution in [2.45, 2.75) is 18.8 Å². The Hall–Kier alpha value is -2.96. The third-order valence-electron chi connectivity index (χ3n) is 4.66. The molecule has 0 saturated carbocycles. The molecule has 6 nitrogen and oxygen atoms in total. The summed E-state index contributed by atoms with van der Waals surface area (Å²) in [6.45, 7) is 1.12. The average molecular weight is 339 g/mol. The number of benzene rings is 1. The largest absolute Gasteiger partial charge is 0.368 e. The fraction of sp³-hybridized carbons (Fsp3) is 0.278. The molecule has 1 aliphatic rings. The van der Waals surface area contributed by atoms with Crippen LogP contribution in [0.4, 0.5) is 10.3 Å². The van der Waals surface area contributed by atoms with Crippen LogP contribution in [0.1, 0.15) is 34.8 Å².